The molecule has 0 aliphatic carbocycles. The summed E-state index contributed by atoms with van der Waals surface area (Å²) < 4.78 is 0. The molecule has 4 nitrogen and oxygen atoms in total. The highest BCUT2D eigenvalue weighted by molar-refractivity contribution is 5.97. The summed E-state index contributed by atoms with van der Waals surface area (Å²) >= 11 is 0. The molecule has 0 atom stereocenters. The van der Waals surface area contributed by atoms with Gasteiger partial charge in [-0.25, -0.2) is 0 Å². The summed E-state index contributed by atoms with van der Waals surface area (Å²) in [6, 6.07) is 1.72. The fourth-order valence-electron chi connectivity index (χ4n) is 0.562. The number of nitrogens with zero attached hydrogens (tertiary/aromatic N) is 3. The van der Waals surface area contributed by atoms with Crippen molar-refractivity contribution < 1.29 is 5.21 Å². The molecule has 4 heteroatoms. The average molecular weight is 137 g/mol. The molecule has 1 N–H and O–H groups in total. The van der Waals surface area contributed by atoms with Crippen LogP contribution in [0.25, 0.3) is 0 Å². The van der Waals surface area contributed by atoms with Gasteiger partial charge in [0, 0.05) is 5.56 Å². The maximum absolute atomic E-state index is 8.33. The Morgan fingerprint density at radius 1 is 1.60 bits per heavy atom. The topological polar surface area (TPSA) is 58.4 Å². The van der Waals surface area contributed by atoms with Crippen molar-refractivity contribution in [2.75, 3.05) is 0 Å². The SMILES string of the molecule is CC(=NO)c1ccnnc1. The second-order valence-electron chi connectivity index (χ2n) is 1.82. The molecule has 0 bridgehead atoms. The van der Waals surface area contributed by atoms with Crippen LogP contribution in [0.5, 0.6) is 0 Å². The Labute approximate surface area is 58.2 Å². The molecule has 0 spiro atoms. The smallest absolute Gasteiger partial charge is 0.0853 e. The van der Waals surface area contributed by atoms with E-state index in [1.165, 1.54) is 6.20 Å². The third-order valence-corrected chi connectivity index (χ3v) is 1.15. The molecule has 0 aliphatic rings. The Balaban J connectivity index is 2.96. The summed E-state index contributed by atoms with van der Waals surface area (Å²) in [5.74, 6) is 0. The number of aromatic nitrogens is 2. The first-order valence-corrected chi connectivity index (χ1v) is 2.80. The first kappa shape index (κ1) is 6.67. The van der Waals surface area contributed by atoms with E-state index in [9.17, 15) is 0 Å². The van der Waals surface area contributed by atoms with Gasteiger partial charge in [-0.05, 0) is 13.0 Å². The molecule has 0 aromatic carbocycles. The Bertz CT molecular complexity index is 232. The molecule has 1 aromatic rings. The minimum atomic E-state index is 0.537. The highest BCUT2D eigenvalue weighted by Crippen LogP contribution is 1.94. The second kappa shape index (κ2) is 2.91. The highest BCUT2D eigenvalue weighted by Gasteiger charge is 1.94. The van der Waals surface area contributed by atoms with Gasteiger partial charge in [0.2, 0.25) is 0 Å². The van der Waals surface area contributed by atoms with Crippen LogP contribution in [0.1, 0.15) is 12.5 Å². The van der Waals surface area contributed by atoms with Crippen molar-refractivity contribution in [1.82, 2.24) is 10.2 Å². The Morgan fingerprint density at radius 3 is 2.90 bits per heavy atom. The number of rotatable bonds is 1. The molecular formula is C6H7N3O. The largest absolute Gasteiger partial charge is 0.411 e. The predicted octanol–water partition coefficient (Wildman–Crippen LogP) is 0.675. The lowest BCUT2D eigenvalue weighted by molar-refractivity contribution is 0.319. The van der Waals surface area contributed by atoms with Crippen LogP contribution in [0.4, 0.5) is 0 Å². The van der Waals surface area contributed by atoms with Gasteiger partial charge >= 0.3 is 0 Å². The molecule has 1 aromatic heterocycles. The van der Waals surface area contributed by atoms with Crippen LogP contribution in [-0.2, 0) is 0 Å². The Hall–Kier alpha value is -1.45. The minimum Gasteiger partial charge on any atom is -0.411 e. The van der Waals surface area contributed by atoms with Crippen molar-refractivity contribution >= 4 is 5.71 Å². The predicted molar refractivity (Wildman–Crippen MR) is 36.0 cm³/mol. The molecule has 10 heavy (non-hydrogen) atoms. The molecule has 0 radical (unpaired) electrons. The fraction of sp³-hybridized carbons (Fsp3) is 0.167. The highest BCUT2D eigenvalue weighted by atomic mass is 16.4. The van der Waals surface area contributed by atoms with E-state index in [2.05, 4.69) is 15.4 Å². The second-order valence-corrected chi connectivity index (χ2v) is 1.82. The van der Waals surface area contributed by atoms with E-state index in [0.717, 1.165) is 5.56 Å². The van der Waals surface area contributed by atoms with E-state index < -0.39 is 0 Å². The minimum absolute atomic E-state index is 0.537. The van der Waals surface area contributed by atoms with E-state index in [-0.39, 0.29) is 0 Å². The summed E-state index contributed by atoms with van der Waals surface area (Å²) in [5.41, 5.74) is 1.31. The standard InChI is InChI=1S/C6H7N3O/c1-5(9-10)6-2-3-7-8-4-6/h2-4,10H,1H3. The molecule has 1 rings (SSSR count). The molecule has 0 aliphatic heterocycles. The maximum atomic E-state index is 8.33. The molecule has 0 amide bonds. The Morgan fingerprint density at radius 2 is 2.40 bits per heavy atom. The van der Waals surface area contributed by atoms with E-state index in [1.54, 1.807) is 19.2 Å². The van der Waals surface area contributed by atoms with Crippen molar-refractivity contribution in [3.8, 4) is 0 Å². The van der Waals surface area contributed by atoms with E-state index in [0.29, 0.717) is 5.71 Å². The zero-order valence-electron chi connectivity index (χ0n) is 5.52. The number of oxime groups is 1. The van der Waals surface area contributed by atoms with Crippen molar-refractivity contribution in [1.29, 1.82) is 0 Å². The zero-order valence-corrected chi connectivity index (χ0v) is 5.52. The van der Waals surface area contributed by atoms with Crippen molar-refractivity contribution in [3.05, 3.63) is 24.0 Å². The lowest BCUT2D eigenvalue weighted by atomic mass is 10.2. The van der Waals surface area contributed by atoms with Crippen molar-refractivity contribution in [2.24, 2.45) is 5.16 Å². The molecular weight excluding hydrogens is 130 g/mol. The van der Waals surface area contributed by atoms with Crippen molar-refractivity contribution in [3.63, 3.8) is 0 Å². The van der Waals surface area contributed by atoms with Gasteiger partial charge in [-0.1, -0.05) is 5.16 Å². The molecule has 1 heterocycles. The summed E-state index contributed by atoms with van der Waals surface area (Å²) in [6.07, 6.45) is 3.08. The monoisotopic (exact) mass is 137 g/mol. The van der Waals surface area contributed by atoms with Crippen molar-refractivity contribution in [2.45, 2.75) is 6.92 Å². The van der Waals surface area contributed by atoms with Crippen LogP contribution in [-0.4, -0.2) is 21.1 Å². The normalized spacial score (nSPS) is 11.5. The molecule has 0 saturated heterocycles. The molecule has 0 unspecified atom stereocenters. The average Bonchev–Trinajstić information content (AvgIpc) is 2.05. The summed E-state index contributed by atoms with van der Waals surface area (Å²) in [4.78, 5) is 0. The van der Waals surface area contributed by atoms with Crippen LogP contribution in [0.15, 0.2) is 23.6 Å². The first-order chi connectivity index (χ1) is 4.84. The first-order valence-electron chi connectivity index (χ1n) is 2.80. The van der Waals surface area contributed by atoms with E-state index in [4.69, 9.17) is 5.21 Å². The molecule has 52 valence electrons. The molecule has 0 saturated carbocycles. The van der Waals surface area contributed by atoms with Gasteiger partial charge in [0.05, 0.1) is 18.1 Å². The van der Waals surface area contributed by atoms with Crippen LogP contribution < -0.4 is 0 Å². The van der Waals surface area contributed by atoms with Gasteiger partial charge in [-0.15, -0.1) is 0 Å². The van der Waals surface area contributed by atoms with Gasteiger partial charge in [-0.2, -0.15) is 10.2 Å². The van der Waals surface area contributed by atoms with Gasteiger partial charge in [0.15, 0.2) is 0 Å². The Kier molecular flexibility index (Phi) is 1.94. The van der Waals surface area contributed by atoms with Crippen LogP contribution in [0.3, 0.4) is 0 Å². The third kappa shape index (κ3) is 1.28. The van der Waals surface area contributed by atoms with Crippen LogP contribution in [0.2, 0.25) is 0 Å². The lowest BCUT2D eigenvalue weighted by Crippen LogP contribution is -1.95. The summed E-state index contributed by atoms with van der Waals surface area (Å²) in [5, 5.41) is 18.5. The zero-order chi connectivity index (χ0) is 7.40. The third-order valence-electron chi connectivity index (χ3n) is 1.15. The van der Waals surface area contributed by atoms with Gasteiger partial charge < -0.3 is 5.21 Å². The maximum Gasteiger partial charge on any atom is 0.0853 e. The van der Waals surface area contributed by atoms with E-state index in [1.807, 2.05) is 0 Å². The number of hydrogen-bond acceptors (Lipinski definition) is 4. The lowest BCUT2D eigenvalue weighted by Gasteiger charge is -1.92. The van der Waals surface area contributed by atoms with Crippen LogP contribution >= 0.6 is 0 Å². The summed E-state index contributed by atoms with van der Waals surface area (Å²) in [6.45, 7) is 1.69. The summed E-state index contributed by atoms with van der Waals surface area (Å²) in [7, 11) is 0. The van der Waals surface area contributed by atoms with Crippen LogP contribution in [0, 0.1) is 0 Å². The number of hydrogen-bond donors (Lipinski definition) is 1. The van der Waals surface area contributed by atoms with Gasteiger partial charge in [0.1, 0.15) is 0 Å². The van der Waals surface area contributed by atoms with Gasteiger partial charge in [0.25, 0.3) is 0 Å². The quantitative estimate of drug-likeness (QED) is 0.351. The molecule has 0 fully saturated rings. The van der Waals surface area contributed by atoms with E-state index >= 15 is 0 Å². The fourth-order valence-corrected chi connectivity index (χ4v) is 0.562. The van der Waals surface area contributed by atoms with Gasteiger partial charge in [-0.3, -0.25) is 0 Å².